The maximum Gasteiger partial charge on any atom is 0.321 e. The number of ether oxygens (including phenoxy) is 2. The van der Waals surface area contributed by atoms with Gasteiger partial charge in [0.25, 0.3) is 0 Å². The topological polar surface area (TPSA) is 90.0 Å². The van der Waals surface area contributed by atoms with Crippen molar-refractivity contribution in [1.82, 2.24) is 4.31 Å². The van der Waals surface area contributed by atoms with Crippen LogP contribution in [-0.2, 0) is 29.1 Å². The third-order valence-corrected chi connectivity index (χ3v) is 4.09. The zero-order chi connectivity index (χ0) is 14.9. The van der Waals surface area contributed by atoms with Crippen molar-refractivity contribution >= 4 is 22.0 Å². The number of rotatable bonds is 9. The molecule has 0 unspecified atom stereocenters. The van der Waals surface area contributed by atoms with Gasteiger partial charge in [0, 0.05) is 6.54 Å². The number of nitrogens with zero attached hydrogens (tertiary/aromatic N) is 1. The van der Waals surface area contributed by atoms with Crippen molar-refractivity contribution < 1.29 is 27.5 Å². The highest BCUT2D eigenvalue weighted by molar-refractivity contribution is 7.89. The molecule has 0 fully saturated rings. The Hall–Kier alpha value is -1.15. The second-order valence-corrected chi connectivity index (χ2v) is 5.87. The Morgan fingerprint density at radius 3 is 2.26 bits per heavy atom. The van der Waals surface area contributed by atoms with Crippen molar-refractivity contribution in [2.75, 3.05) is 32.6 Å². The van der Waals surface area contributed by atoms with Crippen molar-refractivity contribution in [3.8, 4) is 0 Å². The van der Waals surface area contributed by atoms with Gasteiger partial charge >= 0.3 is 11.9 Å². The van der Waals surface area contributed by atoms with E-state index in [9.17, 15) is 18.0 Å². The molecular weight excluding hydrogens is 274 g/mol. The Kier molecular flexibility index (Phi) is 8.33. The average molecular weight is 295 g/mol. The first-order chi connectivity index (χ1) is 8.87. The first-order valence-corrected chi connectivity index (χ1v) is 7.68. The molecule has 0 aliphatic rings. The number of sulfonamides is 1. The smallest absolute Gasteiger partial charge is 0.321 e. The number of hydrogen-bond acceptors (Lipinski definition) is 6. The summed E-state index contributed by atoms with van der Waals surface area (Å²) < 4.78 is 34.1. The predicted octanol–water partition coefficient (Wildman–Crippen LogP) is 0.154. The van der Waals surface area contributed by atoms with Gasteiger partial charge in [-0.15, -0.1) is 0 Å². The fourth-order valence-corrected chi connectivity index (χ4v) is 2.81. The highest BCUT2D eigenvalue weighted by Crippen LogP contribution is 2.06. The molecule has 0 heterocycles. The summed E-state index contributed by atoms with van der Waals surface area (Å²) in [6.45, 7) is 3.52. The quantitative estimate of drug-likeness (QED) is 0.563. The zero-order valence-electron chi connectivity index (χ0n) is 11.5. The van der Waals surface area contributed by atoms with Gasteiger partial charge in [-0.2, -0.15) is 4.31 Å². The molecule has 0 bridgehead atoms. The lowest BCUT2D eigenvalue weighted by molar-refractivity contribution is -0.143. The molecule has 7 nitrogen and oxygen atoms in total. The molecule has 0 saturated heterocycles. The number of carbonyl (C=O) groups is 2. The van der Waals surface area contributed by atoms with Gasteiger partial charge in [0.05, 0.1) is 25.9 Å². The van der Waals surface area contributed by atoms with Crippen LogP contribution in [0.4, 0.5) is 0 Å². The number of esters is 2. The lowest BCUT2D eigenvalue weighted by Crippen LogP contribution is -2.38. The predicted molar refractivity (Wildman–Crippen MR) is 68.9 cm³/mol. The molecule has 0 aliphatic carbocycles. The van der Waals surface area contributed by atoms with Crippen LogP contribution in [0.5, 0.6) is 0 Å². The lowest BCUT2D eigenvalue weighted by Gasteiger charge is -2.20. The van der Waals surface area contributed by atoms with E-state index in [1.165, 1.54) is 7.11 Å². The molecule has 112 valence electrons. The Bertz CT molecular complexity index is 392. The normalized spacial score (nSPS) is 11.4. The fourth-order valence-electron chi connectivity index (χ4n) is 1.36. The van der Waals surface area contributed by atoms with E-state index in [1.807, 2.05) is 0 Å². The van der Waals surface area contributed by atoms with Crippen LogP contribution in [0.25, 0.3) is 0 Å². The summed E-state index contributed by atoms with van der Waals surface area (Å²) in [5.41, 5.74) is 0. The molecule has 0 N–H and O–H groups in total. The minimum Gasteiger partial charge on any atom is -0.469 e. The van der Waals surface area contributed by atoms with Gasteiger partial charge in [0.15, 0.2) is 0 Å². The standard InChI is InChI=1S/C11H21NO6S/c1-4-7-12(9-11(14)18-5-2)19(15,16)8-6-10(13)17-3/h4-9H2,1-3H3. The van der Waals surface area contributed by atoms with E-state index in [1.54, 1.807) is 13.8 Å². The van der Waals surface area contributed by atoms with Crippen LogP contribution in [0.15, 0.2) is 0 Å². The van der Waals surface area contributed by atoms with Gasteiger partial charge in [-0.25, -0.2) is 8.42 Å². The first-order valence-electron chi connectivity index (χ1n) is 6.07. The van der Waals surface area contributed by atoms with E-state index in [0.29, 0.717) is 6.42 Å². The summed E-state index contributed by atoms with van der Waals surface area (Å²) in [5, 5.41) is 0. The molecule has 0 amide bonds. The van der Waals surface area contributed by atoms with E-state index in [0.717, 1.165) is 4.31 Å². The summed E-state index contributed by atoms with van der Waals surface area (Å²) in [6, 6.07) is 0. The number of methoxy groups -OCH3 is 1. The first kappa shape index (κ1) is 17.8. The van der Waals surface area contributed by atoms with Crippen LogP contribution in [0.3, 0.4) is 0 Å². The number of hydrogen-bond donors (Lipinski definition) is 0. The molecule has 8 heteroatoms. The summed E-state index contributed by atoms with van der Waals surface area (Å²) in [6.07, 6.45) is 0.332. The molecule has 0 rings (SSSR count). The summed E-state index contributed by atoms with van der Waals surface area (Å²) in [4.78, 5) is 22.3. The van der Waals surface area contributed by atoms with Crippen LogP contribution in [0.2, 0.25) is 0 Å². The van der Waals surface area contributed by atoms with Gasteiger partial charge in [-0.1, -0.05) is 6.92 Å². The van der Waals surface area contributed by atoms with Crippen molar-refractivity contribution in [1.29, 1.82) is 0 Å². The molecule has 0 aliphatic heterocycles. The van der Waals surface area contributed by atoms with E-state index in [4.69, 9.17) is 4.74 Å². The van der Waals surface area contributed by atoms with E-state index in [-0.39, 0.29) is 31.9 Å². The van der Waals surface area contributed by atoms with Crippen molar-refractivity contribution in [2.45, 2.75) is 26.7 Å². The molecule has 0 spiro atoms. The second kappa shape index (κ2) is 8.87. The summed E-state index contributed by atoms with van der Waals surface area (Å²) in [5.74, 6) is -1.58. The van der Waals surface area contributed by atoms with Crippen LogP contribution in [0.1, 0.15) is 26.7 Å². The van der Waals surface area contributed by atoms with Gasteiger partial charge in [-0.3, -0.25) is 9.59 Å². The monoisotopic (exact) mass is 295 g/mol. The van der Waals surface area contributed by atoms with Crippen molar-refractivity contribution in [2.24, 2.45) is 0 Å². The third kappa shape index (κ3) is 7.12. The molecule has 0 aromatic carbocycles. The Balaban J connectivity index is 4.65. The fraction of sp³-hybridized carbons (Fsp3) is 0.818. The van der Waals surface area contributed by atoms with E-state index >= 15 is 0 Å². The number of carbonyl (C=O) groups excluding carboxylic acids is 2. The molecule has 0 atom stereocenters. The highest BCUT2D eigenvalue weighted by Gasteiger charge is 2.25. The molecule has 0 saturated carbocycles. The molecule has 19 heavy (non-hydrogen) atoms. The largest absolute Gasteiger partial charge is 0.469 e. The van der Waals surface area contributed by atoms with Crippen LogP contribution >= 0.6 is 0 Å². The zero-order valence-corrected chi connectivity index (χ0v) is 12.4. The van der Waals surface area contributed by atoms with Gasteiger partial charge < -0.3 is 9.47 Å². The lowest BCUT2D eigenvalue weighted by atomic mass is 10.5. The minimum atomic E-state index is -3.67. The van der Waals surface area contributed by atoms with Gasteiger partial charge in [0.1, 0.15) is 6.54 Å². The second-order valence-electron chi connectivity index (χ2n) is 3.78. The maximum absolute atomic E-state index is 12.0. The van der Waals surface area contributed by atoms with Crippen LogP contribution in [0, 0.1) is 0 Å². The minimum absolute atomic E-state index is 0.195. The van der Waals surface area contributed by atoms with Crippen molar-refractivity contribution in [3.05, 3.63) is 0 Å². The summed E-state index contributed by atoms with van der Waals surface area (Å²) >= 11 is 0. The van der Waals surface area contributed by atoms with Crippen molar-refractivity contribution in [3.63, 3.8) is 0 Å². The average Bonchev–Trinajstić information content (AvgIpc) is 2.35. The third-order valence-electron chi connectivity index (χ3n) is 2.27. The molecular formula is C11H21NO6S. The molecule has 0 radical (unpaired) electrons. The Morgan fingerprint density at radius 2 is 1.79 bits per heavy atom. The van der Waals surface area contributed by atoms with Crippen LogP contribution < -0.4 is 0 Å². The van der Waals surface area contributed by atoms with E-state index < -0.39 is 22.0 Å². The maximum atomic E-state index is 12.0. The Morgan fingerprint density at radius 1 is 1.16 bits per heavy atom. The molecule has 0 aromatic rings. The van der Waals surface area contributed by atoms with E-state index in [2.05, 4.69) is 4.74 Å². The van der Waals surface area contributed by atoms with Crippen LogP contribution in [-0.4, -0.2) is 57.2 Å². The summed E-state index contributed by atoms with van der Waals surface area (Å²) in [7, 11) is -2.48. The highest BCUT2D eigenvalue weighted by atomic mass is 32.2. The van der Waals surface area contributed by atoms with Gasteiger partial charge in [-0.05, 0) is 13.3 Å². The Labute approximate surface area is 113 Å². The SMILES string of the molecule is CCCN(CC(=O)OCC)S(=O)(=O)CCC(=O)OC. The molecule has 0 aromatic heterocycles. The van der Waals surface area contributed by atoms with Gasteiger partial charge in [0.2, 0.25) is 10.0 Å².